The summed E-state index contributed by atoms with van der Waals surface area (Å²) in [4.78, 5) is 24.2. The van der Waals surface area contributed by atoms with E-state index >= 15 is 0 Å². The lowest BCUT2D eigenvalue weighted by Gasteiger charge is -2.27. The number of carbonyl (C=O) groups is 1. The standard InChI is InChI=1S/C14H20F3N5O/c1-11(12(23)20-10-14(15,16)17)21-6-3-7-22(9-8-21)13-18-4-2-5-19-13/h2,4-5,11H,3,6-10H2,1H3,(H,20,23)/t11-/m0/s1. The van der Waals surface area contributed by atoms with Gasteiger partial charge in [-0.05, 0) is 19.4 Å². The largest absolute Gasteiger partial charge is 0.405 e. The highest BCUT2D eigenvalue weighted by atomic mass is 19.4. The number of anilines is 1. The van der Waals surface area contributed by atoms with E-state index in [-0.39, 0.29) is 0 Å². The van der Waals surface area contributed by atoms with Crippen molar-refractivity contribution in [1.82, 2.24) is 20.2 Å². The molecule has 1 aromatic rings. The maximum atomic E-state index is 12.2. The van der Waals surface area contributed by atoms with Gasteiger partial charge in [0.2, 0.25) is 11.9 Å². The highest BCUT2D eigenvalue weighted by molar-refractivity contribution is 5.81. The lowest BCUT2D eigenvalue weighted by Crippen LogP contribution is -2.48. The van der Waals surface area contributed by atoms with Crippen LogP contribution in [-0.4, -0.2) is 65.7 Å². The van der Waals surface area contributed by atoms with Crippen molar-refractivity contribution in [1.29, 1.82) is 0 Å². The van der Waals surface area contributed by atoms with Crippen LogP contribution in [0.4, 0.5) is 19.1 Å². The zero-order chi connectivity index (χ0) is 16.9. The molecule has 6 nitrogen and oxygen atoms in total. The van der Waals surface area contributed by atoms with E-state index in [2.05, 4.69) is 9.97 Å². The maximum absolute atomic E-state index is 12.2. The molecule has 1 saturated heterocycles. The smallest absolute Gasteiger partial charge is 0.346 e. The average Bonchev–Trinajstić information content (AvgIpc) is 2.78. The van der Waals surface area contributed by atoms with E-state index in [1.807, 2.05) is 15.1 Å². The van der Waals surface area contributed by atoms with Crippen LogP contribution in [-0.2, 0) is 4.79 Å². The van der Waals surface area contributed by atoms with Gasteiger partial charge in [0.1, 0.15) is 6.54 Å². The van der Waals surface area contributed by atoms with Crippen LogP contribution in [0.5, 0.6) is 0 Å². The first-order chi connectivity index (χ1) is 10.9. The number of hydrogen-bond acceptors (Lipinski definition) is 5. The molecule has 2 heterocycles. The highest BCUT2D eigenvalue weighted by Gasteiger charge is 2.30. The summed E-state index contributed by atoms with van der Waals surface area (Å²) in [6.07, 6.45) is -0.277. The quantitative estimate of drug-likeness (QED) is 0.894. The molecule has 23 heavy (non-hydrogen) atoms. The molecule has 128 valence electrons. The molecule has 0 saturated carbocycles. The minimum absolute atomic E-state index is 0.568. The number of carbonyl (C=O) groups excluding carboxylic acids is 1. The first-order valence-electron chi connectivity index (χ1n) is 7.47. The number of aromatic nitrogens is 2. The van der Waals surface area contributed by atoms with Crippen molar-refractivity contribution in [2.75, 3.05) is 37.6 Å². The molecule has 1 aliphatic rings. The Morgan fingerprint density at radius 2 is 1.96 bits per heavy atom. The van der Waals surface area contributed by atoms with E-state index in [9.17, 15) is 18.0 Å². The Kier molecular flexibility index (Phi) is 5.75. The van der Waals surface area contributed by atoms with Crippen LogP contribution in [0, 0.1) is 0 Å². The molecule has 0 unspecified atom stereocenters. The predicted molar refractivity (Wildman–Crippen MR) is 79.0 cm³/mol. The molecule has 2 rings (SSSR count). The van der Waals surface area contributed by atoms with Crippen LogP contribution >= 0.6 is 0 Å². The molecule has 0 aromatic carbocycles. The molecule has 1 fully saturated rings. The van der Waals surface area contributed by atoms with Gasteiger partial charge in [-0.1, -0.05) is 0 Å². The van der Waals surface area contributed by atoms with Gasteiger partial charge in [-0.2, -0.15) is 13.2 Å². The summed E-state index contributed by atoms with van der Waals surface area (Å²) < 4.78 is 36.5. The fraction of sp³-hybridized carbons (Fsp3) is 0.643. The van der Waals surface area contributed by atoms with Gasteiger partial charge in [-0.15, -0.1) is 0 Å². The van der Waals surface area contributed by atoms with E-state index < -0.39 is 24.7 Å². The van der Waals surface area contributed by atoms with Gasteiger partial charge in [0.05, 0.1) is 6.04 Å². The molecule has 0 bridgehead atoms. The molecule has 1 aliphatic heterocycles. The monoisotopic (exact) mass is 331 g/mol. The van der Waals surface area contributed by atoms with Crippen molar-refractivity contribution in [2.45, 2.75) is 25.6 Å². The molecule has 0 aliphatic carbocycles. The molecule has 1 amide bonds. The number of rotatable bonds is 4. The first kappa shape index (κ1) is 17.5. The Morgan fingerprint density at radius 3 is 2.61 bits per heavy atom. The van der Waals surface area contributed by atoms with Crippen LogP contribution in [0.2, 0.25) is 0 Å². The third kappa shape index (κ3) is 5.34. The summed E-state index contributed by atoms with van der Waals surface area (Å²) in [5, 5.41) is 1.94. The summed E-state index contributed by atoms with van der Waals surface area (Å²) in [5.41, 5.74) is 0. The number of hydrogen-bond donors (Lipinski definition) is 1. The number of nitrogens with one attached hydrogen (secondary N) is 1. The van der Waals surface area contributed by atoms with Crippen LogP contribution < -0.4 is 10.2 Å². The lowest BCUT2D eigenvalue weighted by molar-refractivity contribution is -0.141. The third-order valence-electron chi connectivity index (χ3n) is 3.76. The van der Waals surface area contributed by atoms with Gasteiger partial charge < -0.3 is 10.2 Å². The summed E-state index contributed by atoms with van der Waals surface area (Å²) >= 11 is 0. The van der Waals surface area contributed by atoms with Crippen molar-refractivity contribution in [3.05, 3.63) is 18.5 Å². The van der Waals surface area contributed by atoms with E-state index in [4.69, 9.17) is 0 Å². The third-order valence-corrected chi connectivity index (χ3v) is 3.76. The van der Waals surface area contributed by atoms with Crippen LogP contribution in [0.3, 0.4) is 0 Å². The zero-order valence-corrected chi connectivity index (χ0v) is 12.9. The molecule has 1 atom stereocenters. The minimum Gasteiger partial charge on any atom is -0.346 e. The van der Waals surface area contributed by atoms with E-state index in [1.165, 1.54) is 0 Å². The van der Waals surface area contributed by atoms with Crippen molar-refractivity contribution < 1.29 is 18.0 Å². The Morgan fingerprint density at radius 1 is 1.26 bits per heavy atom. The SMILES string of the molecule is C[C@@H](C(=O)NCC(F)(F)F)N1CCCN(c2ncccn2)CC1. The summed E-state index contributed by atoms with van der Waals surface area (Å²) in [5.74, 6) is 0.0234. The molecular weight excluding hydrogens is 311 g/mol. The van der Waals surface area contributed by atoms with Crippen LogP contribution in [0.15, 0.2) is 18.5 Å². The molecule has 9 heteroatoms. The average molecular weight is 331 g/mol. The van der Waals surface area contributed by atoms with Gasteiger partial charge in [-0.25, -0.2) is 9.97 Å². The van der Waals surface area contributed by atoms with Crippen LogP contribution in [0.25, 0.3) is 0 Å². The highest BCUT2D eigenvalue weighted by Crippen LogP contribution is 2.14. The van der Waals surface area contributed by atoms with E-state index in [0.29, 0.717) is 25.6 Å². The molecule has 1 aromatic heterocycles. The van der Waals surface area contributed by atoms with Gasteiger partial charge >= 0.3 is 6.18 Å². The lowest BCUT2D eigenvalue weighted by atomic mass is 10.2. The second kappa shape index (κ2) is 7.58. The van der Waals surface area contributed by atoms with Gasteiger partial charge in [0, 0.05) is 38.6 Å². The van der Waals surface area contributed by atoms with Crippen molar-refractivity contribution in [3.8, 4) is 0 Å². The minimum atomic E-state index is -4.39. The predicted octanol–water partition coefficient (Wildman–Crippen LogP) is 1.06. The number of halogens is 3. The second-order valence-electron chi connectivity index (χ2n) is 5.43. The fourth-order valence-corrected chi connectivity index (χ4v) is 2.48. The zero-order valence-electron chi connectivity index (χ0n) is 12.9. The Bertz CT molecular complexity index is 511. The van der Waals surface area contributed by atoms with Crippen molar-refractivity contribution in [3.63, 3.8) is 0 Å². The second-order valence-corrected chi connectivity index (χ2v) is 5.43. The number of nitrogens with zero attached hydrogens (tertiary/aromatic N) is 4. The Hall–Kier alpha value is -1.90. The summed E-state index contributed by atoms with van der Waals surface area (Å²) in [6.45, 7) is 2.91. The van der Waals surface area contributed by atoms with E-state index in [0.717, 1.165) is 13.0 Å². The number of alkyl halides is 3. The first-order valence-corrected chi connectivity index (χ1v) is 7.47. The molecule has 0 radical (unpaired) electrons. The van der Waals surface area contributed by atoms with Crippen molar-refractivity contribution >= 4 is 11.9 Å². The molecular formula is C14H20F3N5O. The van der Waals surface area contributed by atoms with E-state index in [1.54, 1.807) is 25.4 Å². The van der Waals surface area contributed by atoms with Crippen molar-refractivity contribution in [2.24, 2.45) is 0 Å². The summed E-state index contributed by atoms with van der Waals surface area (Å²) in [6, 6.07) is 1.13. The Labute approximate surface area is 132 Å². The fourth-order valence-electron chi connectivity index (χ4n) is 2.48. The topological polar surface area (TPSA) is 61.4 Å². The molecule has 0 spiro atoms. The van der Waals surface area contributed by atoms with Crippen LogP contribution in [0.1, 0.15) is 13.3 Å². The van der Waals surface area contributed by atoms with Gasteiger partial charge in [-0.3, -0.25) is 9.69 Å². The normalized spacial score (nSPS) is 18.3. The Balaban J connectivity index is 1.88. The van der Waals surface area contributed by atoms with Gasteiger partial charge in [0.25, 0.3) is 0 Å². The summed E-state index contributed by atoms with van der Waals surface area (Å²) in [7, 11) is 0. The van der Waals surface area contributed by atoms with Gasteiger partial charge in [0.15, 0.2) is 0 Å². The molecule has 1 N–H and O–H groups in total. The maximum Gasteiger partial charge on any atom is 0.405 e. The number of amides is 1.